The van der Waals surface area contributed by atoms with Gasteiger partial charge >= 0.3 is 0 Å². The average Bonchev–Trinajstić information content (AvgIpc) is 2.83. The molecule has 3 rings (SSSR count). The van der Waals surface area contributed by atoms with Gasteiger partial charge in [0, 0.05) is 32.0 Å². The number of hydrogen-bond donors (Lipinski definition) is 0. The van der Waals surface area contributed by atoms with Crippen molar-refractivity contribution in [2.24, 2.45) is 5.92 Å². The second-order valence-corrected chi connectivity index (χ2v) is 9.51. The van der Waals surface area contributed by atoms with E-state index in [-0.39, 0.29) is 17.9 Å². The molecule has 2 aromatic rings. The van der Waals surface area contributed by atoms with Gasteiger partial charge in [0.2, 0.25) is 5.91 Å². The van der Waals surface area contributed by atoms with Gasteiger partial charge in [-0.05, 0) is 55.9 Å². The van der Waals surface area contributed by atoms with Crippen molar-refractivity contribution in [3.05, 3.63) is 59.9 Å². The molecule has 0 N–H and O–H groups in total. The number of para-hydroxylation sites is 1. The van der Waals surface area contributed by atoms with E-state index < -0.39 is 0 Å². The van der Waals surface area contributed by atoms with E-state index in [0.717, 1.165) is 50.8 Å². The highest BCUT2D eigenvalue weighted by Crippen LogP contribution is 2.23. The van der Waals surface area contributed by atoms with E-state index in [2.05, 4.69) is 18.8 Å². The Morgan fingerprint density at radius 3 is 2.56 bits per heavy atom. The van der Waals surface area contributed by atoms with Crippen LogP contribution >= 0.6 is 0 Å². The van der Waals surface area contributed by atoms with E-state index in [0.29, 0.717) is 36.8 Å². The van der Waals surface area contributed by atoms with Crippen LogP contribution in [0.2, 0.25) is 0 Å². The van der Waals surface area contributed by atoms with Crippen molar-refractivity contribution in [3.63, 3.8) is 0 Å². The third-order valence-corrected chi connectivity index (χ3v) is 6.38. The molecule has 0 unspecified atom stereocenters. The number of fused-ring (bicyclic) bond motifs is 1. The van der Waals surface area contributed by atoms with Crippen LogP contribution in [0.25, 0.3) is 0 Å². The highest BCUT2D eigenvalue weighted by atomic mass is 16.5. The minimum Gasteiger partial charge on any atom is -0.491 e. The van der Waals surface area contributed by atoms with Crippen LogP contribution < -0.4 is 4.74 Å². The monoisotopic (exact) mass is 465 g/mol. The molecule has 34 heavy (non-hydrogen) atoms. The quantitative estimate of drug-likeness (QED) is 0.625. The summed E-state index contributed by atoms with van der Waals surface area (Å²) in [5.74, 6) is 1.13. The molecule has 1 aromatic heterocycles. The van der Waals surface area contributed by atoms with Crippen molar-refractivity contribution < 1.29 is 14.3 Å². The van der Waals surface area contributed by atoms with Gasteiger partial charge in [0.15, 0.2) is 0 Å². The second-order valence-electron chi connectivity index (χ2n) is 9.51. The number of nitrogens with zero attached hydrogens (tertiary/aromatic N) is 3. The third kappa shape index (κ3) is 7.31. The summed E-state index contributed by atoms with van der Waals surface area (Å²) in [6.07, 6.45) is 8.65. The first-order valence-corrected chi connectivity index (χ1v) is 12.7. The summed E-state index contributed by atoms with van der Waals surface area (Å²) >= 11 is 0. The maximum Gasteiger partial charge on any atom is 0.257 e. The molecule has 0 bridgehead atoms. The molecule has 184 valence electrons. The minimum atomic E-state index is -0.0578. The number of amides is 2. The first-order valence-electron chi connectivity index (χ1n) is 12.7. The molecule has 6 nitrogen and oxygen atoms in total. The minimum absolute atomic E-state index is 0.0140. The third-order valence-electron chi connectivity index (χ3n) is 6.38. The number of carbonyl (C=O) groups is 2. The van der Waals surface area contributed by atoms with Gasteiger partial charge in [-0.3, -0.25) is 14.6 Å². The van der Waals surface area contributed by atoms with E-state index in [1.807, 2.05) is 53.1 Å². The Morgan fingerprint density at radius 2 is 1.85 bits per heavy atom. The summed E-state index contributed by atoms with van der Waals surface area (Å²) in [4.78, 5) is 34.8. The van der Waals surface area contributed by atoms with E-state index in [1.165, 1.54) is 0 Å². The van der Waals surface area contributed by atoms with Gasteiger partial charge in [0.05, 0.1) is 18.0 Å². The molecule has 1 aliphatic heterocycles. The van der Waals surface area contributed by atoms with Crippen LogP contribution in [-0.4, -0.2) is 58.9 Å². The largest absolute Gasteiger partial charge is 0.491 e. The zero-order valence-corrected chi connectivity index (χ0v) is 20.9. The van der Waals surface area contributed by atoms with Crippen molar-refractivity contribution in [3.8, 4) is 5.75 Å². The molecule has 2 heterocycles. The van der Waals surface area contributed by atoms with Crippen molar-refractivity contribution in [2.45, 2.75) is 65.3 Å². The van der Waals surface area contributed by atoms with Gasteiger partial charge in [-0.2, -0.15) is 0 Å². The van der Waals surface area contributed by atoms with Gasteiger partial charge in [-0.15, -0.1) is 0 Å². The first-order chi connectivity index (χ1) is 16.5. The van der Waals surface area contributed by atoms with Crippen LogP contribution in [0.15, 0.2) is 48.8 Å². The SMILES string of the molecule is CCN1CCCCCCN(C(=O)Cc2cccnc2)[C@@H](CC(C)C)COc2ccccc2C1=O. The number of carbonyl (C=O) groups excluding carboxylic acids is 2. The van der Waals surface area contributed by atoms with Gasteiger partial charge in [-0.1, -0.05) is 44.9 Å². The Hall–Kier alpha value is -2.89. The maximum absolute atomic E-state index is 13.5. The smallest absolute Gasteiger partial charge is 0.257 e. The summed E-state index contributed by atoms with van der Waals surface area (Å²) in [6.45, 7) is 8.88. The van der Waals surface area contributed by atoms with Crippen LogP contribution in [0.4, 0.5) is 0 Å². The van der Waals surface area contributed by atoms with Crippen LogP contribution in [0, 0.1) is 5.92 Å². The molecule has 1 aliphatic rings. The summed E-state index contributed by atoms with van der Waals surface area (Å²) in [5.41, 5.74) is 1.52. The molecule has 0 aliphatic carbocycles. The molecule has 1 atom stereocenters. The summed E-state index contributed by atoms with van der Waals surface area (Å²) < 4.78 is 6.29. The molecule has 0 fully saturated rings. The molecule has 0 saturated carbocycles. The van der Waals surface area contributed by atoms with Gasteiger partial charge < -0.3 is 14.5 Å². The molecule has 0 radical (unpaired) electrons. The van der Waals surface area contributed by atoms with E-state index in [1.54, 1.807) is 12.4 Å². The van der Waals surface area contributed by atoms with Crippen molar-refractivity contribution in [1.29, 1.82) is 0 Å². The molecule has 1 aromatic carbocycles. The Kier molecular flexibility index (Phi) is 9.92. The number of hydrogen-bond acceptors (Lipinski definition) is 4. The molecule has 6 heteroatoms. The fourth-order valence-corrected chi connectivity index (χ4v) is 4.59. The van der Waals surface area contributed by atoms with E-state index in [4.69, 9.17) is 4.74 Å². The standard InChI is InChI=1S/C28H39N3O3/c1-4-30-16-9-5-6-10-17-31(27(32)19-23-12-11-15-29-20-23)24(18-22(2)3)21-34-26-14-8-7-13-25(26)28(30)33/h7-8,11-15,20,22,24H,4-6,9-10,16-19,21H2,1-3H3/t24-/m0/s1. The Labute approximate surface area is 204 Å². The fraction of sp³-hybridized carbons (Fsp3) is 0.536. The van der Waals surface area contributed by atoms with Crippen LogP contribution in [0.5, 0.6) is 5.75 Å². The van der Waals surface area contributed by atoms with Crippen molar-refractivity contribution in [1.82, 2.24) is 14.8 Å². The second kappa shape index (κ2) is 13.1. The van der Waals surface area contributed by atoms with Crippen molar-refractivity contribution >= 4 is 11.8 Å². The Bertz CT molecular complexity index is 916. The van der Waals surface area contributed by atoms with Crippen molar-refractivity contribution in [2.75, 3.05) is 26.2 Å². The average molecular weight is 466 g/mol. The predicted molar refractivity (Wildman–Crippen MR) is 135 cm³/mol. The van der Waals surface area contributed by atoms with Crippen LogP contribution in [0.1, 0.15) is 68.8 Å². The van der Waals surface area contributed by atoms with Crippen LogP contribution in [-0.2, 0) is 11.2 Å². The normalized spacial score (nSPS) is 18.2. The fourth-order valence-electron chi connectivity index (χ4n) is 4.59. The molecule has 0 saturated heterocycles. The first kappa shape index (κ1) is 25.7. The Morgan fingerprint density at radius 1 is 1.09 bits per heavy atom. The van der Waals surface area contributed by atoms with Gasteiger partial charge in [0.25, 0.3) is 5.91 Å². The summed E-state index contributed by atoms with van der Waals surface area (Å²) in [7, 11) is 0. The summed E-state index contributed by atoms with van der Waals surface area (Å²) in [6, 6.07) is 11.2. The zero-order chi connectivity index (χ0) is 24.3. The predicted octanol–water partition coefficient (Wildman–Crippen LogP) is 4.98. The lowest BCUT2D eigenvalue weighted by Gasteiger charge is -2.34. The van der Waals surface area contributed by atoms with Gasteiger partial charge in [0.1, 0.15) is 12.4 Å². The highest BCUT2D eigenvalue weighted by molar-refractivity contribution is 5.96. The molecular weight excluding hydrogens is 426 g/mol. The zero-order valence-electron chi connectivity index (χ0n) is 20.9. The summed E-state index contributed by atoms with van der Waals surface area (Å²) in [5, 5.41) is 0. The number of ether oxygens (including phenoxy) is 1. The van der Waals surface area contributed by atoms with Crippen LogP contribution in [0.3, 0.4) is 0 Å². The Balaban J connectivity index is 1.87. The number of benzene rings is 1. The lowest BCUT2D eigenvalue weighted by Crippen LogP contribution is -2.46. The highest BCUT2D eigenvalue weighted by Gasteiger charge is 2.27. The molecule has 2 amide bonds. The lowest BCUT2D eigenvalue weighted by molar-refractivity contribution is -0.134. The molecule has 0 spiro atoms. The van der Waals surface area contributed by atoms with E-state index in [9.17, 15) is 9.59 Å². The maximum atomic E-state index is 13.5. The lowest BCUT2D eigenvalue weighted by atomic mass is 10.0. The van der Waals surface area contributed by atoms with E-state index >= 15 is 0 Å². The number of aromatic nitrogens is 1. The molecular formula is C28H39N3O3. The topological polar surface area (TPSA) is 62.7 Å². The number of rotatable bonds is 5. The number of pyridine rings is 1. The van der Waals surface area contributed by atoms with Gasteiger partial charge in [-0.25, -0.2) is 0 Å².